The third kappa shape index (κ3) is 4.10. The van der Waals surface area contributed by atoms with Crippen LogP contribution in [0.3, 0.4) is 0 Å². The molecule has 1 unspecified atom stereocenters. The van der Waals surface area contributed by atoms with Crippen LogP contribution in [0.4, 0.5) is 4.39 Å². The van der Waals surface area contributed by atoms with Crippen molar-refractivity contribution in [3.63, 3.8) is 0 Å². The van der Waals surface area contributed by atoms with Crippen LogP contribution in [0.2, 0.25) is 0 Å². The van der Waals surface area contributed by atoms with Gasteiger partial charge in [0.15, 0.2) is 0 Å². The SMILES string of the molecule is CC1(NS(=O)(=O)c2ccc3c(c2)c(=O)n(C2CN(C(=O)C(F)Cl)C2)c(=O)n3CC2CC2)CC1. The Morgan fingerprint density at radius 1 is 1.27 bits per heavy atom. The van der Waals surface area contributed by atoms with Crippen molar-refractivity contribution < 1.29 is 17.6 Å². The minimum absolute atomic E-state index is 0.0199. The van der Waals surface area contributed by atoms with Crippen molar-refractivity contribution in [2.45, 2.75) is 61.3 Å². The number of hydrogen-bond acceptors (Lipinski definition) is 5. The molecule has 1 amide bonds. The number of benzene rings is 1. The first-order valence-corrected chi connectivity index (χ1v) is 12.8. The van der Waals surface area contributed by atoms with Crippen LogP contribution in [0.5, 0.6) is 0 Å². The molecule has 1 aromatic heterocycles. The van der Waals surface area contributed by atoms with Crippen LogP contribution in [0.1, 0.15) is 38.6 Å². The van der Waals surface area contributed by atoms with Crippen molar-refractivity contribution >= 4 is 38.4 Å². The number of likely N-dealkylation sites (tertiary alicyclic amines) is 1. The van der Waals surface area contributed by atoms with Gasteiger partial charge in [0.25, 0.3) is 17.1 Å². The van der Waals surface area contributed by atoms with Crippen LogP contribution < -0.4 is 16.0 Å². The summed E-state index contributed by atoms with van der Waals surface area (Å²) in [6.45, 7) is 2.20. The lowest BCUT2D eigenvalue weighted by atomic mass is 10.1. The zero-order valence-electron chi connectivity index (χ0n) is 18.0. The standard InChI is InChI=1S/C21H24ClFN4O5S/c1-21(6-7-21)24-33(31,32)14-4-5-16-15(8-14)18(28)27(20(30)26(16)9-12-2-3-12)13-10-25(11-13)19(29)17(22)23/h4-5,8,12-13,17,24H,2-3,6-7,9-11H2,1H3. The number of aromatic nitrogens is 2. The Kier molecular flexibility index (Phi) is 5.22. The van der Waals surface area contributed by atoms with Gasteiger partial charge in [-0.05, 0) is 56.7 Å². The zero-order chi connectivity index (χ0) is 23.7. The Morgan fingerprint density at radius 2 is 1.94 bits per heavy atom. The molecule has 2 heterocycles. The van der Waals surface area contributed by atoms with Gasteiger partial charge in [-0.15, -0.1) is 0 Å². The number of rotatable bonds is 7. The van der Waals surface area contributed by atoms with E-state index in [1.165, 1.54) is 22.8 Å². The Morgan fingerprint density at radius 3 is 2.52 bits per heavy atom. The fourth-order valence-corrected chi connectivity index (χ4v) is 5.83. The van der Waals surface area contributed by atoms with E-state index in [1.54, 1.807) is 0 Å². The highest BCUT2D eigenvalue weighted by Gasteiger charge is 2.41. The molecule has 5 rings (SSSR count). The largest absolute Gasteiger partial charge is 0.335 e. The quantitative estimate of drug-likeness (QED) is 0.579. The number of amides is 1. The Balaban J connectivity index is 1.59. The molecule has 0 bridgehead atoms. The first-order chi connectivity index (χ1) is 15.5. The van der Waals surface area contributed by atoms with E-state index in [9.17, 15) is 27.2 Å². The van der Waals surface area contributed by atoms with E-state index >= 15 is 0 Å². The first-order valence-electron chi connectivity index (χ1n) is 10.9. The number of sulfonamides is 1. The van der Waals surface area contributed by atoms with Crippen molar-refractivity contribution in [1.29, 1.82) is 0 Å². The first kappa shape index (κ1) is 22.5. The summed E-state index contributed by atoms with van der Waals surface area (Å²) in [6.07, 6.45) is 3.43. The fourth-order valence-electron chi connectivity index (χ4n) is 4.21. The number of hydrogen-bond donors (Lipinski definition) is 1. The van der Waals surface area contributed by atoms with Crippen molar-refractivity contribution in [3.05, 3.63) is 39.0 Å². The predicted octanol–water partition coefficient (Wildman–Crippen LogP) is 1.32. The lowest BCUT2D eigenvalue weighted by Gasteiger charge is -2.39. The summed E-state index contributed by atoms with van der Waals surface area (Å²) in [5.74, 6) is -0.590. The molecule has 0 spiro atoms. The number of carbonyl (C=O) groups is 1. The summed E-state index contributed by atoms with van der Waals surface area (Å²) >= 11 is 5.21. The zero-order valence-corrected chi connectivity index (χ0v) is 19.5. The monoisotopic (exact) mass is 498 g/mol. The molecular weight excluding hydrogens is 475 g/mol. The molecule has 0 radical (unpaired) electrons. The van der Waals surface area contributed by atoms with E-state index in [0.29, 0.717) is 18.0 Å². The van der Waals surface area contributed by atoms with Crippen LogP contribution in [0.25, 0.3) is 10.9 Å². The molecule has 178 valence electrons. The van der Waals surface area contributed by atoms with Gasteiger partial charge >= 0.3 is 5.69 Å². The third-order valence-electron chi connectivity index (χ3n) is 6.70. The molecule has 33 heavy (non-hydrogen) atoms. The summed E-state index contributed by atoms with van der Waals surface area (Å²) in [5.41, 5.74) is -3.42. The number of alkyl halides is 2. The van der Waals surface area contributed by atoms with Crippen LogP contribution in [-0.4, -0.2) is 52.6 Å². The molecular formula is C21H24ClFN4O5S. The highest BCUT2D eigenvalue weighted by Crippen LogP contribution is 2.36. The molecule has 12 heteroatoms. The number of carbonyl (C=O) groups excluding carboxylic acids is 1. The van der Waals surface area contributed by atoms with Gasteiger partial charge in [0.1, 0.15) is 0 Å². The van der Waals surface area contributed by atoms with Gasteiger partial charge in [-0.3, -0.25) is 18.7 Å². The maximum absolute atomic E-state index is 13.4. The molecule has 1 N–H and O–H groups in total. The van der Waals surface area contributed by atoms with Gasteiger partial charge in [-0.1, -0.05) is 11.6 Å². The van der Waals surface area contributed by atoms with Crippen molar-refractivity contribution in [3.8, 4) is 0 Å². The molecule has 3 fully saturated rings. The van der Waals surface area contributed by atoms with Crippen molar-refractivity contribution in [2.24, 2.45) is 5.92 Å². The Bertz CT molecular complexity index is 1370. The smallest absolute Gasteiger partial charge is 0.331 e. The molecule has 1 saturated heterocycles. The van der Waals surface area contributed by atoms with Crippen molar-refractivity contribution in [2.75, 3.05) is 13.1 Å². The van der Waals surface area contributed by atoms with E-state index in [0.717, 1.165) is 35.2 Å². The second-order valence-corrected chi connectivity index (χ2v) is 11.6. The highest BCUT2D eigenvalue weighted by atomic mass is 35.5. The summed E-state index contributed by atoms with van der Waals surface area (Å²) in [6, 6.07) is 3.59. The predicted molar refractivity (Wildman–Crippen MR) is 120 cm³/mol. The summed E-state index contributed by atoms with van der Waals surface area (Å²) in [7, 11) is -3.85. The maximum Gasteiger partial charge on any atom is 0.331 e. The van der Waals surface area contributed by atoms with Gasteiger partial charge in [0.2, 0.25) is 10.0 Å². The van der Waals surface area contributed by atoms with Gasteiger partial charge in [-0.25, -0.2) is 22.3 Å². The molecule has 2 aliphatic carbocycles. The van der Waals surface area contributed by atoms with Crippen molar-refractivity contribution in [1.82, 2.24) is 18.8 Å². The molecule has 1 aliphatic heterocycles. The average Bonchev–Trinajstić information content (AvgIpc) is 3.64. The van der Waals surface area contributed by atoms with Crippen LogP contribution >= 0.6 is 11.6 Å². The molecule has 3 aliphatic rings. The molecule has 9 nitrogen and oxygen atoms in total. The van der Waals surface area contributed by atoms with E-state index in [1.807, 2.05) is 6.92 Å². The average molecular weight is 499 g/mol. The number of nitrogens with zero attached hydrogens (tertiary/aromatic N) is 3. The lowest BCUT2D eigenvalue weighted by Crippen LogP contribution is -2.58. The van der Waals surface area contributed by atoms with Gasteiger partial charge in [0.05, 0.1) is 21.8 Å². The summed E-state index contributed by atoms with van der Waals surface area (Å²) in [4.78, 5) is 39.5. The molecule has 2 aromatic rings. The lowest BCUT2D eigenvalue weighted by molar-refractivity contribution is -0.139. The van der Waals surface area contributed by atoms with E-state index in [-0.39, 0.29) is 23.4 Å². The Labute approximate surface area is 194 Å². The van der Waals surface area contributed by atoms with Gasteiger partial charge in [-0.2, -0.15) is 0 Å². The molecule has 1 atom stereocenters. The second kappa shape index (κ2) is 7.64. The number of fused-ring (bicyclic) bond motifs is 1. The van der Waals surface area contributed by atoms with Crippen LogP contribution in [0, 0.1) is 5.92 Å². The van der Waals surface area contributed by atoms with E-state index < -0.39 is 44.4 Å². The maximum atomic E-state index is 13.4. The number of halogens is 2. The van der Waals surface area contributed by atoms with Gasteiger partial charge in [0, 0.05) is 25.2 Å². The highest BCUT2D eigenvalue weighted by molar-refractivity contribution is 7.89. The summed E-state index contributed by atoms with van der Waals surface area (Å²) in [5, 5.41) is 0.115. The van der Waals surface area contributed by atoms with Gasteiger partial charge < -0.3 is 4.90 Å². The number of nitrogens with one attached hydrogen (secondary N) is 1. The topological polar surface area (TPSA) is 110 Å². The van der Waals surface area contributed by atoms with Crippen LogP contribution in [0.15, 0.2) is 32.7 Å². The minimum Gasteiger partial charge on any atom is -0.335 e. The fraction of sp³-hybridized carbons (Fsp3) is 0.571. The third-order valence-corrected chi connectivity index (χ3v) is 8.52. The normalized spacial score (nSPS) is 21.1. The molecule has 2 saturated carbocycles. The van der Waals surface area contributed by atoms with Crippen LogP contribution in [-0.2, 0) is 21.4 Å². The molecule has 1 aromatic carbocycles. The second-order valence-electron chi connectivity index (χ2n) is 9.55. The minimum atomic E-state index is -3.85. The summed E-state index contributed by atoms with van der Waals surface area (Å²) < 4.78 is 44.1. The Hall–Kier alpha value is -2.24. The van der Waals surface area contributed by atoms with E-state index in [4.69, 9.17) is 11.6 Å². The van der Waals surface area contributed by atoms with E-state index in [2.05, 4.69) is 4.72 Å².